The highest BCUT2D eigenvalue weighted by molar-refractivity contribution is 6.01. The van der Waals surface area contributed by atoms with E-state index in [9.17, 15) is 18.4 Å². The third kappa shape index (κ3) is 6.32. The largest absolute Gasteiger partial charge is 0.486 e. The number of carbonyl (C=O) groups excluding carboxylic acids is 2. The summed E-state index contributed by atoms with van der Waals surface area (Å²) in [6, 6.07) is 15.2. The maximum absolute atomic E-state index is 14.4. The van der Waals surface area contributed by atoms with Crippen molar-refractivity contribution in [2.24, 2.45) is 0 Å². The van der Waals surface area contributed by atoms with Crippen molar-refractivity contribution < 1.29 is 27.8 Å². The lowest BCUT2D eigenvalue weighted by Gasteiger charge is -2.34. The van der Waals surface area contributed by atoms with Crippen molar-refractivity contribution in [2.75, 3.05) is 18.1 Å². The molecule has 1 aromatic heterocycles. The van der Waals surface area contributed by atoms with Gasteiger partial charge in [-0.05, 0) is 60.0 Å². The number of fused-ring (bicyclic) bond motifs is 1. The van der Waals surface area contributed by atoms with Gasteiger partial charge in [-0.3, -0.25) is 14.5 Å². The molecule has 12 heteroatoms. The maximum Gasteiger partial charge on any atom is 0.251 e. The minimum Gasteiger partial charge on any atom is -0.486 e. The molecule has 1 atom stereocenters. The molecule has 222 valence electrons. The second-order valence-corrected chi connectivity index (χ2v) is 10.5. The Bertz CT molecular complexity index is 1610. The quantitative estimate of drug-likeness (QED) is 0.320. The van der Waals surface area contributed by atoms with E-state index in [1.54, 1.807) is 30.3 Å². The molecule has 43 heavy (non-hydrogen) atoms. The Morgan fingerprint density at radius 3 is 2.47 bits per heavy atom. The van der Waals surface area contributed by atoms with Gasteiger partial charge < -0.3 is 14.8 Å². The van der Waals surface area contributed by atoms with Crippen molar-refractivity contribution in [3.05, 3.63) is 83.9 Å². The molecule has 2 aliphatic rings. The van der Waals surface area contributed by atoms with Crippen LogP contribution >= 0.6 is 0 Å². The summed E-state index contributed by atoms with van der Waals surface area (Å²) in [4.78, 5) is 30.6. The topological polar surface area (TPSA) is 111 Å². The fraction of sp³-hybridized carbons (Fsp3) is 0.323. The smallest absolute Gasteiger partial charge is 0.251 e. The Kier molecular flexibility index (Phi) is 8.25. The maximum atomic E-state index is 14.4. The van der Waals surface area contributed by atoms with Gasteiger partial charge in [-0.2, -0.15) is 4.80 Å². The normalized spacial score (nSPS) is 15.5. The molecule has 1 aliphatic carbocycles. The van der Waals surface area contributed by atoms with Crippen molar-refractivity contribution in [3.8, 4) is 22.9 Å². The van der Waals surface area contributed by atoms with Gasteiger partial charge in [0.1, 0.15) is 37.4 Å². The number of nitrogens with one attached hydrogen (secondary N) is 1. The third-order valence-corrected chi connectivity index (χ3v) is 7.56. The zero-order valence-corrected chi connectivity index (χ0v) is 23.3. The number of rotatable bonds is 8. The Balaban J connectivity index is 1.38. The number of ether oxygens (including phenoxy) is 2. The Morgan fingerprint density at radius 2 is 1.70 bits per heavy atom. The second kappa shape index (κ2) is 12.6. The molecular formula is C31H30F2N6O4. The van der Waals surface area contributed by atoms with Crippen LogP contribution in [0.1, 0.15) is 43.7 Å². The Hall–Kier alpha value is -4.87. The van der Waals surface area contributed by atoms with Crippen LogP contribution < -0.4 is 19.7 Å². The van der Waals surface area contributed by atoms with E-state index in [-0.39, 0.29) is 17.4 Å². The van der Waals surface area contributed by atoms with Crippen LogP contribution in [0.2, 0.25) is 0 Å². The minimum absolute atomic E-state index is 0.0157. The molecule has 0 saturated heterocycles. The van der Waals surface area contributed by atoms with Crippen LogP contribution in [-0.4, -0.2) is 51.3 Å². The summed E-state index contributed by atoms with van der Waals surface area (Å²) in [6.45, 7) is 0.305. The van der Waals surface area contributed by atoms with E-state index < -0.39 is 36.0 Å². The summed E-state index contributed by atoms with van der Waals surface area (Å²) in [7, 11) is 0. The number of nitrogens with zero attached hydrogens (tertiary/aromatic N) is 5. The summed E-state index contributed by atoms with van der Waals surface area (Å²) in [5, 5.41) is 15.2. The molecule has 1 saturated carbocycles. The van der Waals surface area contributed by atoms with E-state index in [4.69, 9.17) is 9.47 Å². The van der Waals surface area contributed by atoms with Crippen LogP contribution in [0, 0.1) is 11.6 Å². The van der Waals surface area contributed by atoms with Crippen LogP contribution in [0.15, 0.2) is 66.7 Å². The lowest BCUT2D eigenvalue weighted by molar-refractivity contribution is -0.127. The highest BCUT2D eigenvalue weighted by atomic mass is 19.1. The molecular weight excluding hydrogens is 558 g/mol. The summed E-state index contributed by atoms with van der Waals surface area (Å²) in [6.07, 6.45) is 4.77. The van der Waals surface area contributed by atoms with Crippen LogP contribution in [0.3, 0.4) is 0 Å². The molecule has 0 unspecified atom stereocenters. The molecule has 6 rings (SSSR count). The van der Waals surface area contributed by atoms with Gasteiger partial charge in [0.15, 0.2) is 11.5 Å². The zero-order chi connectivity index (χ0) is 29.8. The van der Waals surface area contributed by atoms with Gasteiger partial charge in [0.05, 0.1) is 5.56 Å². The minimum atomic E-state index is -1.16. The first-order chi connectivity index (χ1) is 21.0. The first-order valence-corrected chi connectivity index (χ1v) is 14.3. The molecule has 1 N–H and O–H groups in total. The van der Waals surface area contributed by atoms with Gasteiger partial charge in [-0.25, -0.2) is 8.78 Å². The van der Waals surface area contributed by atoms with Crippen LogP contribution in [0.4, 0.5) is 14.5 Å². The molecule has 2 heterocycles. The number of carbonyl (C=O) groups is 2. The summed E-state index contributed by atoms with van der Waals surface area (Å²) < 4.78 is 39.8. The van der Waals surface area contributed by atoms with Gasteiger partial charge in [0, 0.05) is 17.8 Å². The first kappa shape index (κ1) is 28.3. The Labute approximate surface area is 246 Å². The van der Waals surface area contributed by atoms with Gasteiger partial charge in [0.2, 0.25) is 11.7 Å². The van der Waals surface area contributed by atoms with Crippen molar-refractivity contribution in [2.45, 2.75) is 50.7 Å². The molecule has 1 aliphatic heterocycles. The third-order valence-electron chi connectivity index (χ3n) is 7.56. The summed E-state index contributed by atoms with van der Waals surface area (Å²) in [5.41, 5.74) is 0.911. The van der Waals surface area contributed by atoms with Crippen LogP contribution in [0.5, 0.6) is 11.5 Å². The van der Waals surface area contributed by atoms with E-state index in [1.807, 2.05) is 0 Å². The van der Waals surface area contributed by atoms with E-state index in [1.165, 1.54) is 41.3 Å². The second-order valence-electron chi connectivity index (χ2n) is 10.5. The fourth-order valence-electron chi connectivity index (χ4n) is 5.47. The van der Waals surface area contributed by atoms with Crippen molar-refractivity contribution >= 4 is 17.5 Å². The number of anilines is 1. The van der Waals surface area contributed by atoms with Crippen molar-refractivity contribution in [1.29, 1.82) is 0 Å². The molecule has 10 nitrogen and oxygen atoms in total. The molecule has 2 amide bonds. The SMILES string of the molecule is O=C(NC1CCCCC1)[C@H](c1ccc(F)cc1)N(C(=O)Cn1nnc(-c2ccccc2F)n1)c1ccc2c(c1)OCCO2. The number of halogens is 2. The van der Waals surface area contributed by atoms with E-state index in [0.29, 0.717) is 36.0 Å². The molecule has 4 aromatic rings. The predicted molar refractivity (Wildman–Crippen MR) is 152 cm³/mol. The van der Waals surface area contributed by atoms with E-state index in [0.717, 1.165) is 36.9 Å². The van der Waals surface area contributed by atoms with Gasteiger partial charge in [0.25, 0.3) is 5.91 Å². The van der Waals surface area contributed by atoms with Gasteiger partial charge in [-0.15, -0.1) is 10.2 Å². The Morgan fingerprint density at radius 1 is 0.953 bits per heavy atom. The fourth-order valence-corrected chi connectivity index (χ4v) is 5.47. The number of amides is 2. The lowest BCUT2D eigenvalue weighted by atomic mass is 9.94. The van der Waals surface area contributed by atoms with Crippen LogP contribution in [-0.2, 0) is 16.1 Å². The summed E-state index contributed by atoms with van der Waals surface area (Å²) >= 11 is 0. The van der Waals surface area contributed by atoms with E-state index in [2.05, 4.69) is 20.7 Å². The predicted octanol–water partition coefficient (Wildman–Crippen LogP) is 4.61. The van der Waals surface area contributed by atoms with Crippen molar-refractivity contribution in [3.63, 3.8) is 0 Å². The average Bonchev–Trinajstić information content (AvgIpc) is 3.48. The summed E-state index contributed by atoms with van der Waals surface area (Å²) in [5.74, 6) is -1.00. The van der Waals surface area contributed by atoms with E-state index >= 15 is 0 Å². The molecule has 0 spiro atoms. The number of benzene rings is 3. The van der Waals surface area contributed by atoms with Gasteiger partial charge in [-0.1, -0.05) is 43.5 Å². The number of tetrazole rings is 1. The average molecular weight is 589 g/mol. The monoisotopic (exact) mass is 588 g/mol. The molecule has 0 radical (unpaired) electrons. The molecule has 3 aromatic carbocycles. The number of hydrogen-bond acceptors (Lipinski definition) is 7. The first-order valence-electron chi connectivity index (χ1n) is 14.3. The molecule has 1 fully saturated rings. The number of hydrogen-bond donors (Lipinski definition) is 1. The highest BCUT2D eigenvalue weighted by Crippen LogP contribution is 2.37. The zero-order valence-electron chi connectivity index (χ0n) is 23.3. The lowest BCUT2D eigenvalue weighted by Crippen LogP contribution is -2.48. The van der Waals surface area contributed by atoms with Crippen LogP contribution in [0.25, 0.3) is 11.4 Å². The molecule has 0 bridgehead atoms. The highest BCUT2D eigenvalue weighted by Gasteiger charge is 2.35. The standard InChI is InChI=1S/C31H30F2N6O4/c32-21-12-10-20(11-13-21)29(31(41)34-22-6-2-1-3-7-22)39(23-14-15-26-27(18-23)43-17-16-42-26)28(40)19-38-36-30(35-37-38)24-8-4-5-9-25(24)33/h4-5,8-15,18,22,29H,1-3,6-7,16-17,19H2,(H,34,41)/t29-/m0/s1. The van der Waals surface area contributed by atoms with Crippen molar-refractivity contribution in [1.82, 2.24) is 25.5 Å². The number of aromatic nitrogens is 4. The van der Waals surface area contributed by atoms with Gasteiger partial charge >= 0.3 is 0 Å².